The topological polar surface area (TPSA) is 43.2 Å². The third-order valence-electron chi connectivity index (χ3n) is 4.62. The summed E-state index contributed by atoms with van der Waals surface area (Å²) in [7, 11) is 0. The van der Waals surface area contributed by atoms with Crippen LogP contribution in [0, 0.1) is 17.8 Å². The normalized spacial score (nSPS) is 22.2. The Bertz CT molecular complexity index is 563. The first-order chi connectivity index (χ1) is 11.3. The number of rotatable bonds is 5. The van der Waals surface area contributed by atoms with Gasteiger partial charge in [-0.3, -0.25) is 4.57 Å². The number of hydrogen-bond donors (Lipinski definition) is 0. The molecule has 0 bridgehead atoms. The fraction of sp³-hybridized carbons (Fsp3) is 0.765. The Labute approximate surface area is 143 Å². The zero-order valence-electron chi connectivity index (χ0n) is 14.1. The van der Waals surface area contributed by atoms with E-state index < -0.39 is 0 Å². The number of piperidine rings is 1. The second-order valence-corrected chi connectivity index (χ2v) is 7.36. The molecule has 0 N–H and O–H groups in total. The molecule has 23 heavy (non-hydrogen) atoms. The van der Waals surface area contributed by atoms with E-state index in [1.165, 1.54) is 12.8 Å². The van der Waals surface area contributed by atoms with Gasteiger partial charge in [-0.2, -0.15) is 0 Å². The molecule has 6 heteroatoms. The Balaban J connectivity index is 1.77. The van der Waals surface area contributed by atoms with Crippen molar-refractivity contribution in [1.82, 2.24) is 14.8 Å². The van der Waals surface area contributed by atoms with Crippen molar-refractivity contribution in [2.24, 2.45) is 5.92 Å². The molecule has 0 saturated carbocycles. The van der Waals surface area contributed by atoms with Crippen LogP contribution in [-0.4, -0.2) is 46.3 Å². The first kappa shape index (κ1) is 16.7. The van der Waals surface area contributed by atoms with Gasteiger partial charge in [0.05, 0.1) is 18.4 Å². The molecular weight excluding hydrogens is 308 g/mol. The van der Waals surface area contributed by atoms with Crippen molar-refractivity contribution in [3.8, 4) is 11.8 Å². The Hall–Kier alpha value is -1.19. The van der Waals surface area contributed by atoms with E-state index in [9.17, 15) is 0 Å². The van der Waals surface area contributed by atoms with Crippen LogP contribution in [0.5, 0.6) is 0 Å². The predicted molar refractivity (Wildman–Crippen MR) is 93.8 cm³/mol. The summed E-state index contributed by atoms with van der Waals surface area (Å²) < 4.78 is 8.09. The molecule has 0 aromatic carbocycles. The molecule has 2 aliphatic heterocycles. The number of nitrogens with zero attached hydrogens (tertiary/aromatic N) is 4. The molecule has 2 aliphatic rings. The van der Waals surface area contributed by atoms with Crippen LogP contribution in [0.2, 0.25) is 0 Å². The Morgan fingerprint density at radius 2 is 2.09 bits per heavy atom. The van der Waals surface area contributed by atoms with Gasteiger partial charge >= 0.3 is 0 Å². The smallest absolute Gasteiger partial charge is 0.228 e. The minimum Gasteiger partial charge on any atom is -0.376 e. The number of thioether (sulfide) groups is 1. The number of aromatic nitrogens is 3. The average molecular weight is 334 g/mol. The highest BCUT2D eigenvalue weighted by Gasteiger charge is 2.25. The van der Waals surface area contributed by atoms with E-state index >= 15 is 0 Å². The first-order valence-electron chi connectivity index (χ1n) is 8.60. The van der Waals surface area contributed by atoms with Crippen molar-refractivity contribution in [1.29, 1.82) is 0 Å². The lowest BCUT2D eigenvalue weighted by atomic mass is 10.00. The van der Waals surface area contributed by atoms with Gasteiger partial charge in [0.1, 0.15) is 0 Å². The van der Waals surface area contributed by atoms with Crippen LogP contribution >= 0.6 is 11.8 Å². The summed E-state index contributed by atoms with van der Waals surface area (Å²) in [5.74, 6) is 8.63. The minimum absolute atomic E-state index is 0.296. The number of ether oxygens (including phenoxy) is 1. The highest BCUT2D eigenvalue weighted by atomic mass is 32.2. The predicted octanol–water partition coefficient (Wildman–Crippen LogP) is 2.81. The lowest BCUT2D eigenvalue weighted by molar-refractivity contribution is 0.0951. The van der Waals surface area contributed by atoms with Crippen LogP contribution in [0.25, 0.3) is 0 Å². The van der Waals surface area contributed by atoms with Gasteiger partial charge < -0.3 is 9.64 Å². The van der Waals surface area contributed by atoms with E-state index in [4.69, 9.17) is 4.74 Å². The molecule has 3 rings (SSSR count). The Morgan fingerprint density at radius 3 is 2.78 bits per heavy atom. The zero-order chi connectivity index (χ0) is 16.1. The maximum Gasteiger partial charge on any atom is 0.228 e. The third kappa shape index (κ3) is 4.21. The molecular formula is C17H26N4OS. The maximum absolute atomic E-state index is 5.83. The summed E-state index contributed by atoms with van der Waals surface area (Å²) in [6.45, 7) is 8.09. The Kier molecular flexibility index (Phi) is 5.85. The first-order valence-corrected chi connectivity index (χ1v) is 9.58. The van der Waals surface area contributed by atoms with Gasteiger partial charge in [-0.05, 0) is 38.5 Å². The van der Waals surface area contributed by atoms with Gasteiger partial charge in [0.15, 0.2) is 5.16 Å². The molecule has 1 unspecified atom stereocenters. The van der Waals surface area contributed by atoms with E-state index in [0.29, 0.717) is 6.10 Å². The lowest BCUT2D eigenvalue weighted by Gasteiger charge is -2.31. The van der Waals surface area contributed by atoms with Crippen LogP contribution in [0.1, 0.15) is 39.5 Å². The molecule has 0 spiro atoms. The van der Waals surface area contributed by atoms with Gasteiger partial charge in [-0.15, -0.1) is 16.1 Å². The van der Waals surface area contributed by atoms with E-state index in [1.54, 1.807) is 11.8 Å². The van der Waals surface area contributed by atoms with Gasteiger partial charge in [0.25, 0.3) is 0 Å². The van der Waals surface area contributed by atoms with Crippen molar-refractivity contribution in [3.63, 3.8) is 0 Å². The van der Waals surface area contributed by atoms with Crippen molar-refractivity contribution >= 4 is 17.7 Å². The molecule has 126 valence electrons. The summed E-state index contributed by atoms with van der Waals surface area (Å²) in [5, 5.41) is 9.90. The van der Waals surface area contributed by atoms with Gasteiger partial charge in [-0.25, -0.2) is 0 Å². The lowest BCUT2D eigenvalue weighted by Crippen LogP contribution is -2.35. The van der Waals surface area contributed by atoms with Gasteiger partial charge in [-0.1, -0.05) is 24.6 Å². The molecule has 3 heterocycles. The van der Waals surface area contributed by atoms with Crippen molar-refractivity contribution < 1.29 is 4.74 Å². The van der Waals surface area contributed by atoms with Crippen molar-refractivity contribution in [2.45, 2.75) is 57.3 Å². The van der Waals surface area contributed by atoms with E-state index in [2.05, 4.69) is 38.4 Å². The molecule has 5 nitrogen and oxygen atoms in total. The summed E-state index contributed by atoms with van der Waals surface area (Å²) in [6, 6.07) is 0. The van der Waals surface area contributed by atoms with E-state index in [1.807, 2.05) is 6.92 Å². The summed E-state index contributed by atoms with van der Waals surface area (Å²) in [5.41, 5.74) is 0. The molecule has 1 aromatic heterocycles. The second-order valence-electron chi connectivity index (χ2n) is 6.41. The second kappa shape index (κ2) is 8.07. The third-order valence-corrected chi connectivity index (χ3v) is 5.47. The van der Waals surface area contributed by atoms with E-state index in [0.717, 1.165) is 61.9 Å². The van der Waals surface area contributed by atoms with Gasteiger partial charge in [0.2, 0.25) is 5.95 Å². The van der Waals surface area contributed by atoms with Gasteiger partial charge in [0, 0.05) is 19.7 Å². The average Bonchev–Trinajstić information content (AvgIpc) is 3.20. The van der Waals surface area contributed by atoms with Crippen LogP contribution in [0.3, 0.4) is 0 Å². The van der Waals surface area contributed by atoms with Crippen LogP contribution < -0.4 is 4.90 Å². The fourth-order valence-electron chi connectivity index (χ4n) is 3.15. The summed E-state index contributed by atoms with van der Waals surface area (Å²) in [6.07, 6.45) is 5.05. The van der Waals surface area contributed by atoms with Crippen LogP contribution in [0.4, 0.5) is 5.95 Å². The zero-order valence-corrected chi connectivity index (χ0v) is 14.9. The van der Waals surface area contributed by atoms with Crippen molar-refractivity contribution in [3.05, 3.63) is 0 Å². The molecule has 2 fully saturated rings. The molecule has 2 saturated heterocycles. The monoisotopic (exact) mass is 334 g/mol. The summed E-state index contributed by atoms with van der Waals surface area (Å²) >= 11 is 1.67. The standard InChI is InChI=1S/C17H26N4OS/c1-3-4-12-23-17-19-18-16(20-9-7-14(2)8-10-20)21(17)13-15-6-5-11-22-15/h14-15H,5-13H2,1-2H3. The van der Waals surface area contributed by atoms with E-state index in [-0.39, 0.29) is 0 Å². The Morgan fingerprint density at radius 1 is 1.26 bits per heavy atom. The summed E-state index contributed by atoms with van der Waals surface area (Å²) in [4.78, 5) is 2.39. The molecule has 1 atom stereocenters. The fourth-order valence-corrected chi connectivity index (χ4v) is 3.91. The molecule has 1 aromatic rings. The number of anilines is 1. The van der Waals surface area contributed by atoms with Crippen LogP contribution in [0.15, 0.2) is 5.16 Å². The molecule has 0 amide bonds. The largest absolute Gasteiger partial charge is 0.376 e. The molecule has 0 radical (unpaired) electrons. The van der Waals surface area contributed by atoms with Crippen molar-refractivity contribution in [2.75, 3.05) is 30.3 Å². The van der Waals surface area contributed by atoms with Crippen LogP contribution in [-0.2, 0) is 11.3 Å². The minimum atomic E-state index is 0.296. The SMILES string of the molecule is CC#CCSc1nnc(N2CCC(C)CC2)n1CC1CCCO1. The quantitative estimate of drug-likeness (QED) is 0.612. The highest BCUT2D eigenvalue weighted by Crippen LogP contribution is 2.27. The highest BCUT2D eigenvalue weighted by molar-refractivity contribution is 7.99. The maximum atomic E-state index is 5.83. The molecule has 0 aliphatic carbocycles. The number of hydrogen-bond acceptors (Lipinski definition) is 5.